The number of fused-ring (bicyclic) bond motifs is 3. The summed E-state index contributed by atoms with van der Waals surface area (Å²) in [6, 6.07) is -3.08. The van der Waals surface area contributed by atoms with Gasteiger partial charge in [-0.05, 0) is 56.3 Å². The fourth-order valence-electron chi connectivity index (χ4n) is 6.73. The molecule has 2 heterocycles. The van der Waals surface area contributed by atoms with Gasteiger partial charge in [0.1, 0.15) is 12.1 Å². The summed E-state index contributed by atoms with van der Waals surface area (Å²) in [5.74, 6) is -2.56. The second-order valence-electron chi connectivity index (χ2n) is 14.5. The zero-order valence-corrected chi connectivity index (χ0v) is 25.5. The standard InChI is InChI=1S/C30H51N5O5/c1-28(2,3)34-27(40)33-23-26(39)35-17-18-20(30(18,6)7)21(35)25(38)32-19(22(36)24(31)37)15-13-11-9-8-10-12-14-16-29(23,4)5/h18-21,23H,8-17H2,1-7H3,(H2,31,37)(H,32,38)(H2,33,34,40)/t18-,19-,20-,21-,23+/m0/s1. The lowest BCUT2D eigenvalue weighted by Gasteiger charge is -2.40. The van der Waals surface area contributed by atoms with Crippen LogP contribution in [0.3, 0.4) is 0 Å². The van der Waals surface area contributed by atoms with Crippen LogP contribution in [0.2, 0.25) is 0 Å². The highest BCUT2D eigenvalue weighted by Gasteiger charge is 2.70. The van der Waals surface area contributed by atoms with Gasteiger partial charge in [0.05, 0.1) is 6.04 Å². The van der Waals surface area contributed by atoms with E-state index in [-0.39, 0.29) is 23.2 Å². The Balaban J connectivity index is 1.96. The van der Waals surface area contributed by atoms with Crippen LogP contribution >= 0.6 is 0 Å². The first-order valence-electron chi connectivity index (χ1n) is 15.0. The van der Waals surface area contributed by atoms with Gasteiger partial charge in [-0.15, -0.1) is 0 Å². The van der Waals surface area contributed by atoms with E-state index in [0.29, 0.717) is 19.4 Å². The molecule has 2 aliphatic heterocycles. The number of piperidine rings is 1. The monoisotopic (exact) mass is 561 g/mol. The second-order valence-corrected chi connectivity index (χ2v) is 14.5. The number of nitrogens with zero attached hydrogens (tertiary/aromatic N) is 1. The van der Waals surface area contributed by atoms with Crippen molar-refractivity contribution in [2.75, 3.05) is 6.54 Å². The summed E-state index contributed by atoms with van der Waals surface area (Å²) in [6.07, 6.45) is 7.71. The number of urea groups is 1. The number of carbonyl (C=O) groups is 5. The zero-order chi connectivity index (χ0) is 30.0. The lowest BCUT2D eigenvalue weighted by molar-refractivity contribution is -0.145. The van der Waals surface area contributed by atoms with Crippen LogP contribution in [0.1, 0.15) is 106 Å². The minimum absolute atomic E-state index is 0.0740. The Hall–Kier alpha value is -2.65. The smallest absolute Gasteiger partial charge is 0.315 e. The number of primary amides is 1. The van der Waals surface area contributed by atoms with E-state index in [0.717, 1.165) is 44.9 Å². The summed E-state index contributed by atoms with van der Waals surface area (Å²) in [6.45, 7) is 14.2. The van der Waals surface area contributed by atoms with Gasteiger partial charge < -0.3 is 26.6 Å². The Bertz CT molecular complexity index is 1000. The molecule has 0 aromatic heterocycles. The molecule has 1 aliphatic carbocycles. The average Bonchev–Trinajstić information content (AvgIpc) is 3.15. The van der Waals surface area contributed by atoms with E-state index in [9.17, 15) is 24.0 Å². The Morgan fingerprint density at radius 1 is 0.950 bits per heavy atom. The Labute approximate surface area is 239 Å². The molecule has 5 N–H and O–H groups in total. The van der Waals surface area contributed by atoms with E-state index in [1.54, 1.807) is 4.90 Å². The molecule has 0 aromatic carbocycles. The van der Waals surface area contributed by atoms with Gasteiger partial charge in [-0.25, -0.2) is 4.79 Å². The Morgan fingerprint density at radius 2 is 1.52 bits per heavy atom. The largest absolute Gasteiger partial charge is 0.363 e. The van der Waals surface area contributed by atoms with Crippen molar-refractivity contribution in [3.63, 3.8) is 0 Å². The predicted molar refractivity (Wildman–Crippen MR) is 153 cm³/mol. The highest BCUT2D eigenvalue weighted by Crippen LogP contribution is 2.65. The van der Waals surface area contributed by atoms with Crippen LogP contribution < -0.4 is 21.7 Å². The lowest BCUT2D eigenvalue weighted by Crippen LogP contribution is -2.62. The molecule has 2 saturated heterocycles. The molecule has 5 atom stereocenters. The third kappa shape index (κ3) is 7.35. The zero-order valence-electron chi connectivity index (χ0n) is 25.5. The van der Waals surface area contributed by atoms with Gasteiger partial charge in [-0.2, -0.15) is 0 Å². The number of amides is 5. The number of nitrogens with one attached hydrogen (secondary N) is 3. The van der Waals surface area contributed by atoms with Crippen LogP contribution in [0.4, 0.5) is 4.79 Å². The van der Waals surface area contributed by atoms with Gasteiger partial charge >= 0.3 is 6.03 Å². The number of ketones is 1. The molecule has 0 radical (unpaired) electrons. The van der Waals surface area contributed by atoms with Crippen molar-refractivity contribution in [1.29, 1.82) is 0 Å². The molecule has 0 bridgehead atoms. The summed E-state index contributed by atoms with van der Waals surface area (Å²) in [5, 5.41) is 8.66. The van der Waals surface area contributed by atoms with Crippen LogP contribution in [0, 0.1) is 22.7 Å². The van der Waals surface area contributed by atoms with Crippen molar-refractivity contribution >= 4 is 29.5 Å². The summed E-state index contributed by atoms with van der Waals surface area (Å²) >= 11 is 0. The number of Topliss-reactive ketones (excluding diaryl/α,β-unsaturated/α-hetero) is 1. The van der Waals surface area contributed by atoms with Gasteiger partial charge in [0, 0.05) is 12.1 Å². The van der Waals surface area contributed by atoms with Gasteiger partial charge in [0.25, 0.3) is 5.91 Å². The molecule has 3 fully saturated rings. The van der Waals surface area contributed by atoms with Gasteiger partial charge in [0.2, 0.25) is 17.6 Å². The summed E-state index contributed by atoms with van der Waals surface area (Å²) in [7, 11) is 0. The van der Waals surface area contributed by atoms with Gasteiger partial charge in [0.15, 0.2) is 0 Å². The molecule has 1 saturated carbocycles. The quantitative estimate of drug-likeness (QED) is 0.391. The molecule has 40 heavy (non-hydrogen) atoms. The third-order valence-corrected chi connectivity index (χ3v) is 9.24. The molecule has 3 aliphatic rings. The molecule has 0 spiro atoms. The van der Waals surface area contributed by atoms with Crippen LogP contribution in [0.25, 0.3) is 0 Å². The summed E-state index contributed by atoms with van der Waals surface area (Å²) in [4.78, 5) is 67.2. The van der Waals surface area contributed by atoms with Crippen molar-refractivity contribution in [1.82, 2.24) is 20.9 Å². The highest BCUT2D eigenvalue weighted by atomic mass is 16.2. The first-order chi connectivity index (χ1) is 18.5. The van der Waals surface area contributed by atoms with Gasteiger partial charge in [-0.1, -0.05) is 72.6 Å². The summed E-state index contributed by atoms with van der Waals surface area (Å²) < 4.78 is 0. The van der Waals surface area contributed by atoms with Crippen molar-refractivity contribution in [3.8, 4) is 0 Å². The minimum atomic E-state index is -1.07. The molecule has 0 aromatic rings. The molecule has 226 valence electrons. The SMILES string of the molecule is CC(C)(C)NC(=O)N[C@@H]1C(=O)N2C[C@H]3[C@@H]([C@H]2C(=O)N[C@H](C(=O)C(N)=O)CCCCCCCCCC1(C)C)C3(C)C. The Kier molecular flexibility index (Phi) is 9.62. The van der Waals surface area contributed by atoms with E-state index in [2.05, 4.69) is 29.8 Å². The second kappa shape index (κ2) is 12.1. The maximum Gasteiger partial charge on any atom is 0.315 e. The first-order valence-corrected chi connectivity index (χ1v) is 15.0. The van der Waals surface area contributed by atoms with Gasteiger partial charge in [-0.3, -0.25) is 19.2 Å². The molecule has 5 amide bonds. The van der Waals surface area contributed by atoms with Crippen LogP contribution in [-0.2, 0) is 19.2 Å². The third-order valence-electron chi connectivity index (χ3n) is 9.24. The highest BCUT2D eigenvalue weighted by molar-refractivity contribution is 6.37. The number of hydrogen-bond acceptors (Lipinski definition) is 5. The number of carbonyl (C=O) groups excluding carboxylic acids is 5. The van der Waals surface area contributed by atoms with Crippen molar-refractivity contribution in [3.05, 3.63) is 0 Å². The molecular weight excluding hydrogens is 510 g/mol. The lowest BCUT2D eigenvalue weighted by atomic mass is 9.78. The summed E-state index contributed by atoms with van der Waals surface area (Å²) in [5.41, 5.74) is 4.14. The van der Waals surface area contributed by atoms with E-state index in [1.807, 2.05) is 34.6 Å². The molecule has 3 rings (SSSR count). The topological polar surface area (TPSA) is 151 Å². The predicted octanol–water partition coefficient (Wildman–Crippen LogP) is 3.03. The maximum absolute atomic E-state index is 14.3. The van der Waals surface area contributed by atoms with Crippen LogP contribution in [0.5, 0.6) is 0 Å². The maximum atomic E-state index is 14.3. The fraction of sp³-hybridized carbons (Fsp3) is 0.833. The van der Waals surface area contributed by atoms with E-state index < -0.39 is 52.7 Å². The van der Waals surface area contributed by atoms with E-state index in [4.69, 9.17) is 5.73 Å². The molecule has 10 nitrogen and oxygen atoms in total. The van der Waals surface area contributed by atoms with Crippen LogP contribution in [0.15, 0.2) is 0 Å². The van der Waals surface area contributed by atoms with Crippen molar-refractivity contribution in [2.45, 2.75) is 130 Å². The Morgan fingerprint density at radius 3 is 2.10 bits per heavy atom. The van der Waals surface area contributed by atoms with Crippen LogP contribution in [-0.4, -0.2) is 64.6 Å². The first kappa shape index (κ1) is 31.9. The molecule has 0 unspecified atom stereocenters. The van der Waals surface area contributed by atoms with Crippen molar-refractivity contribution < 1.29 is 24.0 Å². The average molecular weight is 562 g/mol. The number of hydrogen-bond donors (Lipinski definition) is 4. The van der Waals surface area contributed by atoms with E-state index in [1.165, 1.54) is 0 Å². The number of rotatable bonds is 3. The normalized spacial score (nSPS) is 31.2. The molecule has 10 heteroatoms. The fourth-order valence-corrected chi connectivity index (χ4v) is 6.73. The van der Waals surface area contributed by atoms with Crippen molar-refractivity contribution in [2.24, 2.45) is 28.4 Å². The molecular formula is C30H51N5O5. The minimum Gasteiger partial charge on any atom is -0.363 e. The number of nitrogens with two attached hydrogens (primary N) is 1. The van der Waals surface area contributed by atoms with E-state index >= 15 is 0 Å².